The first-order valence-electron chi connectivity index (χ1n) is 5.95. The molecule has 1 amide bonds. The van der Waals surface area contributed by atoms with Crippen molar-refractivity contribution in [2.45, 2.75) is 13.0 Å². The minimum absolute atomic E-state index is 0.121. The number of aliphatic carboxylic acids is 1. The molecular weight excluding hydrogens is 270 g/mol. The Morgan fingerprint density at radius 2 is 2.05 bits per heavy atom. The summed E-state index contributed by atoms with van der Waals surface area (Å²) < 4.78 is 26.7. The van der Waals surface area contributed by atoms with Gasteiger partial charge in [-0.25, -0.2) is 8.78 Å². The first-order valence-corrected chi connectivity index (χ1v) is 5.95. The van der Waals surface area contributed by atoms with Crippen LogP contribution in [-0.2, 0) is 9.59 Å². The molecule has 110 valence electrons. The Balaban J connectivity index is 2.66. The van der Waals surface area contributed by atoms with Crippen molar-refractivity contribution < 1.29 is 23.5 Å². The van der Waals surface area contributed by atoms with Gasteiger partial charge in [-0.05, 0) is 32.2 Å². The van der Waals surface area contributed by atoms with Crippen molar-refractivity contribution in [3.05, 3.63) is 35.4 Å². The van der Waals surface area contributed by atoms with Crippen LogP contribution in [0.2, 0.25) is 0 Å². The number of halogens is 2. The quantitative estimate of drug-likeness (QED) is 0.823. The minimum atomic E-state index is -1.15. The average molecular weight is 286 g/mol. The zero-order chi connectivity index (χ0) is 15.3. The normalized spacial score (nSPS) is 12.2. The van der Waals surface area contributed by atoms with Gasteiger partial charge in [0.2, 0.25) is 5.91 Å². The zero-order valence-corrected chi connectivity index (χ0v) is 11.2. The molecule has 1 aromatic rings. The molecule has 0 saturated carbocycles. The molecule has 1 rings (SSSR count). The lowest BCUT2D eigenvalue weighted by atomic mass is 10.1. The highest BCUT2D eigenvalue weighted by atomic mass is 19.1. The largest absolute Gasteiger partial charge is 0.480 e. The third-order valence-electron chi connectivity index (χ3n) is 2.90. The highest BCUT2D eigenvalue weighted by molar-refractivity contribution is 5.82. The first kappa shape index (κ1) is 16.0. The average Bonchev–Trinajstić information content (AvgIpc) is 2.38. The number of benzene rings is 1. The van der Waals surface area contributed by atoms with E-state index >= 15 is 0 Å². The molecule has 1 atom stereocenters. The number of rotatable bonds is 6. The Hall–Kier alpha value is -2.02. The molecular formula is C13H16F2N2O3. The van der Waals surface area contributed by atoms with Crippen LogP contribution in [0.4, 0.5) is 8.78 Å². The fourth-order valence-corrected chi connectivity index (χ4v) is 1.67. The first-order chi connectivity index (χ1) is 9.31. The van der Waals surface area contributed by atoms with E-state index in [1.165, 1.54) is 4.90 Å². The van der Waals surface area contributed by atoms with E-state index in [9.17, 15) is 18.4 Å². The predicted molar refractivity (Wildman–Crippen MR) is 68.0 cm³/mol. The fourth-order valence-electron chi connectivity index (χ4n) is 1.67. The third kappa shape index (κ3) is 4.58. The molecule has 0 fully saturated rings. The predicted octanol–water partition coefficient (Wildman–Crippen LogP) is 1.16. The van der Waals surface area contributed by atoms with Crippen LogP contribution in [-0.4, -0.2) is 42.0 Å². The van der Waals surface area contributed by atoms with Gasteiger partial charge in [-0.2, -0.15) is 0 Å². The molecule has 5 nitrogen and oxygen atoms in total. The lowest BCUT2D eigenvalue weighted by Gasteiger charge is -2.24. The lowest BCUT2D eigenvalue weighted by molar-refractivity contribution is -0.138. The summed E-state index contributed by atoms with van der Waals surface area (Å²) in [7, 11) is 1.56. The maximum atomic E-state index is 13.6. The summed E-state index contributed by atoms with van der Waals surface area (Å²) >= 11 is 0. The van der Waals surface area contributed by atoms with Gasteiger partial charge in [0.05, 0.1) is 6.54 Å². The van der Waals surface area contributed by atoms with Crippen molar-refractivity contribution in [1.82, 2.24) is 10.2 Å². The monoisotopic (exact) mass is 286 g/mol. The number of hydrogen-bond donors (Lipinski definition) is 2. The smallest absolute Gasteiger partial charge is 0.322 e. The Bertz CT molecular complexity index is 508. The minimum Gasteiger partial charge on any atom is -0.480 e. The Labute approximate surface area is 115 Å². The number of likely N-dealkylation sites (N-methyl/N-ethyl adjacent to an activating group) is 1. The zero-order valence-electron chi connectivity index (χ0n) is 11.2. The lowest BCUT2D eigenvalue weighted by Crippen LogP contribution is -2.38. The van der Waals surface area contributed by atoms with E-state index in [1.807, 2.05) is 0 Å². The molecule has 20 heavy (non-hydrogen) atoms. The van der Waals surface area contributed by atoms with E-state index in [4.69, 9.17) is 5.11 Å². The topological polar surface area (TPSA) is 69.6 Å². The summed E-state index contributed by atoms with van der Waals surface area (Å²) in [5, 5.41) is 10.6. The van der Waals surface area contributed by atoms with Crippen molar-refractivity contribution in [2.24, 2.45) is 0 Å². The summed E-state index contributed by atoms with van der Waals surface area (Å²) in [5.41, 5.74) is 0.138. The number of hydrogen-bond acceptors (Lipinski definition) is 3. The molecule has 1 aromatic carbocycles. The van der Waals surface area contributed by atoms with Crippen LogP contribution in [0.1, 0.15) is 18.5 Å². The van der Waals surface area contributed by atoms with Crippen molar-refractivity contribution in [3.8, 4) is 0 Å². The van der Waals surface area contributed by atoms with E-state index < -0.39 is 36.1 Å². The molecule has 0 heterocycles. The molecule has 0 aromatic heterocycles. The summed E-state index contributed by atoms with van der Waals surface area (Å²) in [6.45, 7) is 1.03. The van der Waals surface area contributed by atoms with Crippen LogP contribution in [0.3, 0.4) is 0 Å². The molecule has 0 radical (unpaired) electrons. The fraction of sp³-hybridized carbons (Fsp3) is 0.385. The molecule has 0 aliphatic rings. The Kier molecular flexibility index (Phi) is 5.57. The molecule has 0 saturated heterocycles. The van der Waals surface area contributed by atoms with Gasteiger partial charge in [0.15, 0.2) is 0 Å². The summed E-state index contributed by atoms with van der Waals surface area (Å²) in [5.74, 6) is -2.77. The van der Waals surface area contributed by atoms with Crippen molar-refractivity contribution in [2.75, 3.05) is 20.1 Å². The molecule has 1 unspecified atom stereocenters. The number of carbonyl (C=O) groups excluding carboxylic acids is 1. The van der Waals surface area contributed by atoms with Gasteiger partial charge in [0, 0.05) is 11.6 Å². The van der Waals surface area contributed by atoms with Crippen molar-refractivity contribution >= 4 is 11.9 Å². The van der Waals surface area contributed by atoms with Gasteiger partial charge < -0.3 is 10.4 Å². The third-order valence-corrected chi connectivity index (χ3v) is 2.90. The molecule has 0 spiro atoms. The second-order valence-corrected chi connectivity index (χ2v) is 4.43. The van der Waals surface area contributed by atoms with E-state index in [0.29, 0.717) is 0 Å². The Morgan fingerprint density at radius 3 is 2.65 bits per heavy atom. The maximum absolute atomic E-state index is 13.6. The Morgan fingerprint density at radius 1 is 1.40 bits per heavy atom. The van der Waals surface area contributed by atoms with Crippen LogP contribution >= 0.6 is 0 Å². The second kappa shape index (κ2) is 6.95. The molecule has 0 bridgehead atoms. The van der Waals surface area contributed by atoms with Gasteiger partial charge in [0.1, 0.15) is 18.2 Å². The van der Waals surface area contributed by atoms with Gasteiger partial charge >= 0.3 is 5.97 Å². The summed E-state index contributed by atoms with van der Waals surface area (Å²) in [6, 6.07) is 2.59. The van der Waals surface area contributed by atoms with E-state index in [0.717, 1.165) is 18.2 Å². The summed E-state index contributed by atoms with van der Waals surface area (Å²) in [6.07, 6.45) is 0. The maximum Gasteiger partial charge on any atom is 0.322 e. The second-order valence-electron chi connectivity index (χ2n) is 4.43. The van der Waals surface area contributed by atoms with E-state index in [1.54, 1.807) is 14.0 Å². The number of carboxylic acid groups (broad SMARTS) is 1. The molecule has 7 heteroatoms. The van der Waals surface area contributed by atoms with Gasteiger partial charge in [-0.1, -0.05) is 0 Å². The highest BCUT2D eigenvalue weighted by Gasteiger charge is 2.18. The number of nitrogens with one attached hydrogen (secondary N) is 1. The van der Waals surface area contributed by atoms with Gasteiger partial charge in [-0.3, -0.25) is 14.5 Å². The standard InChI is InChI=1S/C13H16F2N2O3/c1-8(10-5-9(14)3-4-11(10)15)17(2)7-12(18)16-6-13(19)20/h3-5,8H,6-7H2,1-2H3,(H,16,18)(H,19,20). The van der Waals surface area contributed by atoms with Crippen molar-refractivity contribution in [1.29, 1.82) is 0 Å². The van der Waals surface area contributed by atoms with E-state index in [-0.39, 0.29) is 12.1 Å². The number of nitrogens with zero attached hydrogens (tertiary/aromatic N) is 1. The summed E-state index contributed by atoms with van der Waals surface area (Å²) in [4.78, 5) is 23.3. The van der Waals surface area contributed by atoms with E-state index in [2.05, 4.69) is 5.32 Å². The van der Waals surface area contributed by atoms with Gasteiger partial charge in [-0.15, -0.1) is 0 Å². The van der Waals surface area contributed by atoms with Crippen LogP contribution in [0.25, 0.3) is 0 Å². The van der Waals surface area contributed by atoms with Crippen LogP contribution in [0.15, 0.2) is 18.2 Å². The van der Waals surface area contributed by atoms with Crippen LogP contribution in [0.5, 0.6) is 0 Å². The van der Waals surface area contributed by atoms with Crippen molar-refractivity contribution in [3.63, 3.8) is 0 Å². The van der Waals surface area contributed by atoms with Crippen LogP contribution in [0, 0.1) is 11.6 Å². The molecule has 2 N–H and O–H groups in total. The molecule has 0 aliphatic heterocycles. The number of carbonyl (C=O) groups is 2. The van der Waals surface area contributed by atoms with Gasteiger partial charge in [0.25, 0.3) is 0 Å². The molecule has 0 aliphatic carbocycles. The SMILES string of the molecule is CC(c1cc(F)ccc1F)N(C)CC(=O)NCC(=O)O. The highest BCUT2D eigenvalue weighted by Crippen LogP contribution is 2.22. The number of amides is 1. The number of carboxylic acids is 1. The van der Waals surface area contributed by atoms with Crippen LogP contribution < -0.4 is 5.32 Å².